The average molecular weight is 402 g/mol. The van der Waals surface area contributed by atoms with Gasteiger partial charge in [0.25, 0.3) is 0 Å². The topological polar surface area (TPSA) is 23.6 Å². The van der Waals surface area contributed by atoms with Crippen molar-refractivity contribution in [1.82, 2.24) is 0 Å². The van der Waals surface area contributed by atoms with Gasteiger partial charge in [0.05, 0.1) is 17.4 Å². The van der Waals surface area contributed by atoms with Gasteiger partial charge in [0.15, 0.2) is 0 Å². The third kappa shape index (κ3) is 2.01. The van der Waals surface area contributed by atoms with Gasteiger partial charge in [-0.1, -0.05) is 72.3 Å². The fourth-order valence-electron chi connectivity index (χ4n) is 6.34. The van der Waals surface area contributed by atoms with Crippen molar-refractivity contribution in [2.75, 3.05) is 16.8 Å². The van der Waals surface area contributed by atoms with Gasteiger partial charge >= 0.3 is 6.03 Å². The minimum atomic E-state index is -0.0156. The maximum atomic E-state index is 13.7. The van der Waals surface area contributed by atoms with Crippen LogP contribution in [0.4, 0.5) is 16.2 Å². The molecule has 0 N–H and O–H groups in total. The maximum absolute atomic E-state index is 13.7. The number of rotatable bonds is 0. The molecule has 4 aromatic rings. The predicted molar refractivity (Wildman–Crippen MR) is 125 cm³/mol. The van der Waals surface area contributed by atoms with Crippen molar-refractivity contribution in [3.8, 4) is 0 Å². The van der Waals surface area contributed by atoms with Crippen LogP contribution in [0.15, 0.2) is 78.9 Å². The molecular formula is C28H22N2O. The van der Waals surface area contributed by atoms with E-state index in [1.807, 2.05) is 13.1 Å². The van der Waals surface area contributed by atoms with Crippen molar-refractivity contribution in [3.63, 3.8) is 0 Å². The zero-order chi connectivity index (χ0) is 20.9. The predicted octanol–water partition coefficient (Wildman–Crippen LogP) is 6.51. The Labute approximate surface area is 181 Å². The van der Waals surface area contributed by atoms with Crippen molar-refractivity contribution < 1.29 is 4.79 Å². The number of anilines is 2. The molecule has 2 amide bonds. The van der Waals surface area contributed by atoms with Gasteiger partial charge in [-0.2, -0.15) is 0 Å². The summed E-state index contributed by atoms with van der Waals surface area (Å²) in [5.41, 5.74) is 8.57. The molecule has 0 bridgehead atoms. The standard InChI is InChI=1S/C28H22N2O/c1-16-13-14-23-21(15-16)25-19-10-5-7-17-8-6-11-20(24(17)19)26(25)27-18-9-3-4-12-22(18)29(2)28(31)30(23)27/h3-15,25-27H,1-2H3/t25-,26-,27-/m1/s1. The first kappa shape index (κ1) is 17.1. The molecule has 3 atom stereocenters. The summed E-state index contributed by atoms with van der Waals surface area (Å²) in [6.07, 6.45) is 0. The number of hydrogen-bond donors (Lipinski definition) is 0. The Bertz CT molecular complexity index is 1420. The molecule has 1 aliphatic carbocycles. The van der Waals surface area contributed by atoms with Gasteiger partial charge in [-0.05, 0) is 52.1 Å². The lowest BCUT2D eigenvalue weighted by atomic mass is 9.71. The van der Waals surface area contributed by atoms with Crippen LogP contribution in [0.1, 0.15) is 45.7 Å². The van der Waals surface area contributed by atoms with Crippen molar-refractivity contribution in [2.24, 2.45) is 0 Å². The van der Waals surface area contributed by atoms with Crippen LogP contribution < -0.4 is 9.80 Å². The Morgan fingerprint density at radius 2 is 1.48 bits per heavy atom. The highest BCUT2D eigenvalue weighted by Crippen LogP contribution is 2.63. The van der Waals surface area contributed by atoms with E-state index in [1.54, 1.807) is 4.90 Å². The minimum Gasteiger partial charge on any atom is -0.297 e. The highest BCUT2D eigenvalue weighted by atomic mass is 16.2. The van der Waals surface area contributed by atoms with Gasteiger partial charge in [0.1, 0.15) is 0 Å². The first-order valence-electron chi connectivity index (χ1n) is 10.9. The summed E-state index contributed by atoms with van der Waals surface area (Å²) in [7, 11) is 1.89. The largest absolute Gasteiger partial charge is 0.329 e. The summed E-state index contributed by atoms with van der Waals surface area (Å²) in [4.78, 5) is 17.6. The van der Waals surface area contributed by atoms with E-state index < -0.39 is 0 Å². The van der Waals surface area contributed by atoms with Gasteiger partial charge < -0.3 is 0 Å². The summed E-state index contributed by atoms with van der Waals surface area (Å²) in [5.74, 6) is 0.454. The second kappa shape index (κ2) is 5.76. The Hall–Kier alpha value is -3.59. The summed E-state index contributed by atoms with van der Waals surface area (Å²) in [5, 5.41) is 2.66. The molecule has 0 spiro atoms. The number of carbonyl (C=O) groups is 1. The van der Waals surface area contributed by atoms with Crippen LogP contribution >= 0.6 is 0 Å². The smallest absolute Gasteiger partial charge is 0.297 e. The van der Waals surface area contributed by atoms with Gasteiger partial charge in [0, 0.05) is 18.9 Å². The zero-order valence-corrected chi connectivity index (χ0v) is 17.5. The average Bonchev–Trinajstić information content (AvgIpc) is 3.13. The molecule has 0 aromatic heterocycles. The first-order chi connectivity index (χ1) is 15.1. The highest BCUT2D eigenvalue weighted by Gasteiger charge is 2.52. The van der Waals surface area contributed by atoms with Crippen LogP contribution in [0, 0.1) is 6.92 Å². The monoisotopic (exact) mass is 402 g/mol. The molecule has 0 saturated heterocycles. The lowest BCUT2D eigenvalue weighted by molar-refractivity contribution is 0.246. The number of hydrogen-bond acceptors (Lipinski definition) is 1. The zero-order valence-electron chi connectivity index (χ0n) is 17.5. The quantitative estimate of drug-likeness (QED) is 0.329. The highest BCUT2D eigenvalue weighted by molar-refractivity contribution is 6.09. The second-order valence-electron chi connectivity index (χ2n) is 9.07. The summed E-state index contributed by atoms with van der Waals surface area (Å²) < 4.78 is 0. The van der Waals surface area contributed by atoms with Crippen LogP contribution in [0.2, 0.25) is 0 Å². The van der Waals surface area contributed by atoms with Crippen molar-refractivity contribution in [2.45, 2.75) is 24.8 Å². The van der Waals surface area contributed by atoms with E-state index in [0.717, 1.165) is 11.4 Å². The lowest BCUT2D eigenvalue weighted by Crippen LogP contribution is -2.52. The fraction of sp³-hybridized carbons (Fsp3) is 0.179. The van der Waals surface area contributed by atoms with Crippen LogP contribution in [0.3, 0.4) is 0 Å². The molecule has 31 heavy (non-hydrogen) atoms. The minimum absolute atomic E-state index is 0.0156. The number of fused-ring (bicyclic) bond motifs is 10. The Morgan fingerprint density at radius 3 is 2.32 bits per heavy atom. The van der Waals surface area contributed by atoms with E-state index in [9.17, 15) is 4.79 Å². The number of nitrogens with zero attached hydrogens (tertiary/aromatic N) is 2. The number of urea groups is 1. The molecular weight excluding hydrogens is 380 g/mol. The van der Waals surface area contributed by atoms with Gasteiger partial charge in [-0.15, -0.1) is 0 Å². The molecule has 3 nitrogen and oxygen atoms in total. The van der Waals surface area contributed by atoms with Crippen LogP contribution in [0.25, 0.3) is 10.8 Å². The molecule has 0 fully saturated rings. The molecule has 3 aliphatic rings. The number of benzene rings is 4. The Balaban J connectivity index is 1.62. The molecule has 2 aliphatic heterocycles. The second-order valence-corrected chi connectivity index (χ2v) is 9.07. The normalized spacial score (nSPS) is 22.8. The van der Waals surface area contributed by atoms with Crippen molar-refractivity contribution in [1.29, 1.82) is 0 Å². The van der Waals surface area contributed by atoms with Crippen LogP contribution in [0.5, 0.6) is 0 Å². The number of carbonyl (C=O) groups excluding carboxylic acids is 1. The molecule has 3 heteroatoms. The fourth-order valence-corrected chi connectivity index (χ4v) is 6.34. The molecule has 0 radical (unpaired) electrons. The van der Waals surface area contributed by atoms with E-state index >= 15 is 0 Å². The van der Waals surface area contributed by atoms with E-state index in [0.29, 0.717) is 0 Å². The van der Waals surface area contributed by atoms with Crippen molar-refractivity contribution >= 4 is 28.2 Å². The maximum Gasteiger partial charge on any atom is 0.329 e. The van der Waals surface area contributed by atoms with Gasteiger partial charge in [0.2, 0.25) is 0 Å². The SMILES string of the molecule is Cc1ccc2c(c1)[C@H]1c3cccc4cccc(c34)[C@H]1[C@H]1c3ccccc3N(C)C(=O)N21. The Kier molecular flexibility index (Phi) is 3.18. The van der Waals surface area contributed by atoms with Crippen LogP contribution in [-0.4, -0.2) is 13.1 Å². The summed E-state index contributed by atoms with van der Waals surface area (Å²) in [6.45, 7) is 2.14. The van der Waals surface area contributed by atoms with Gasteiger partial charge in [-0.3, -0.25) is 9.80 Å². The first-order valence-corrected chi connectivity index (χ1v) is 10.9. The van der Waals surface area contributed by atoms with Crippen LogP contribution in [-0.2, 0) is 0 Å². The van der Waals surface area contributed by atoms with E-state index in [1.165, 1.54) is 38.6 Å². The molecule has 7 rings (SSSR count). The van der Waals surface area contributed by atoms with E-state index in [2.05, 4.69) is 84.6 Å². The molecule has 150 valence electrons. The number of amides is 2. The molecule has 2 heterocycles. The van der Waals surface area contributed by atoms with Gasteiger partial charge in [-0.25, -0.2) is 4.79 Å². The Morgan fingerprint density at radius 1 is 0.742 bits per heavy atom. The third-order valence-corrected chi connectivity index (χ3v) is 7.53. The lowest BCUT2D eigenvalue weighted by Gasteiger charge is -2.49. The summed E-state index contributed by atoms with van der Waals surface area (Å²) >= 11 is 0. The molecule has 0 unspecified atom stereocenters. The van der Waals surface area contributed by atoms with Crippen molar-refractivity contribution in [3.05, 3.63) is 107 Å². The molecule has 0 saturated carbocycles. The third-order valence-electron chi connectivity index (χ3n) is 7.53. The molecule has 4 aromatic carbocycles. The number of para-hydroxylation sites is 1. The number of aryl methyl sites for hydroxylation is 1. The summed E-state index contributed by atoms with van der Waals surface area (Å²) in [6, 6.07) is 28.4. The van der Waals surface area contributed by atoms with E-state index in [4.69, 9.17) is 0 Å². The van der Waals surface area contributed by atoms with E-state index in [-0.39, 0.29) is 23.9 Å².